The maximum absolute atomic E-state index is 15.5. The Kier molecular flexibility index (Phi) is 17.7. The van der Waals surface area contributed by atoms with Crippen molar-refractivity contribution in [2.75, 3.05) is 47.1 Å². The Balaban J connectivity index is 0.769. The molecule has 3 aliphatic heterocycles. The molecule has 2 aliphatic carbocycles. The van der Waals surface area contributed by atoms with Gasteiger partial charge in [-0.15, -0.1) is 0 Å². The Morgan fingerprint density at radius 1 is 0.951 bits per heavy atom. The van der Waals surface area contributed by atoms with Gasteiger partial charge >= 0.3 is 6.09 Å². The van der Waals surface area contributed by atoms with Gasteiger partial charge < -0.3 is 39.4 Å². The van der Waals surface area contributed by atoms with E-state index in [1.807, 2.05) is 32.8 Å². The van der Waals surface area contributed by atoms with Gasteiger partial charge in [-0.25, -0.2) is 14.2 Å². The van der Waals surface area contributed by atoms with Crippen LogP contribution >= 0.6 is 0 Å². The average molecular weight is 1130 g/mol. The summed E-state index contributed by atoms with van der Waals surface area (Å²) in [5.74, 6) is -2.76. The van der Waals surface area contributed by atoms with E-state index in [0.717, 1.165) is 16.5 Å². The number of rotatable bonds is 22. The molecule has 3 N–H and O–H groups in total. The molecular formula is C62H74FN7O12. The van der Waals surface area contributed by atoms with Crippen LogP contribution < -0.4 is 16.2 Å². The number of carbonyl (C=O) groups is 7. The second kappa shape index (κ2) is 24.6. The third-order valence-corrected chi connectivity index (χ3v) is 17.2. The molecule has 1 fully saturated rings. The first-order valence-electron chi connectivity index (χ1n) is 28.4. The lowest BCUT2D eigenvalue weighted by Gasteiger charge is -2.35. The van der Waals surface area contributed by atoms with Crippen LogP contribution in [0.2, 0.25) is 0 Å². The topological polar surface area (TPSA) is 236 Å². The number of carbonyl (C=O) groups excluding carboxylic acids is 7. The van der Waals surface area contributed by atoms with Crippen molar-refractivity contribution < 1.29 is 57.3 Å². The number of pyridine rings is 2. The number of likely N-dealkylation sites (N-methyl/N-ethyl adjacent to an activating group) is 1. The lowest BCUT2D eigenvalue weighted by molar-refractivity contribution is -0.138. The summed E-state index contributed by atoms with van der Waals surface area (Å²) in [5, 5.41) is 18.4. The monoisotopic (exact) mass is 1130 g/mol. The summed E-state index contributed by atoms with van der Waals surface area (Å²) >= 11 is 0. The van der Waals surface area contributed by atoms with Crippen LogP contribution in [0.3, 0.4) is 0 Å². The number of aromatic nitrogens is 2. The van der Waals surface area contributed by atoms with Crippen LogP contribution in [0.25, 0.3) is 22.3 Å². The standard InChI is InChI=1S/C62H74FN7O12/c1-9-62(79)37(6)81-31-45-46(62)26-50-58-44(29-69(50)60(45)77)57-48(19-18-42-35(4)47(63)27-49(66-58)56(42)57)65-53(73)32-80-33-68(23-22-67(7)8)61(78)82-30-40-12-10-38(11-13-40)24-51(71)36(5)64-59(76)43(34(2)3)25-52(72)41-16-14-39(15-17-41)28-70-54(74)20-21-55(70)75/h10-13,20-21,26-27,34,36,39,41,43,48,79H,6,9,14-19,22-25,28-33H2,1-5,7-8H3,(H,64,76)(H,65,73)/t36-,39?,41?,43-,48-,62+/m0/s1. The predicted molar refractivity (Wildman–Crippen MR) is 301 cm³/mol. The SMILES string of the molecule is C=C1OCc2c(cc3n(c2=O)Cc2c-3nc3cc(F)c(C)c4c3c2[C@@H](NC(=O)COCN(CCN(C)C)C(=O)OCc2ccc(CC(=O)[C@H](C)NC(=O)[C@@H](CC(=O)C3CCC(CN5C(=O)C=CC5=O)CC3)C(C)C)cc2)CC4)[C@@]1(O)CC. The number of aryl methyl sites for hydroxylation is 1. The minimum Gasteiger partial charge on any atom is -0.490 e. The lowest BCUT2D eigenvalue weighted by atomic mass is 9.77. The third-order valence-electron chi connectivity index (χ3n) is 17.2. The zero-order valence-corrected chi connectivity index (χ0v) is 47.9. The first kappa shape index (κ1) is 59.2. The lowest BCUT2D eigenvalue weighted by Crippen LogP contribution is -2.44. The molecule has 2 aromatic heterocycles. The van der Waals surface area contributed by atoms with Crippen molar-refractivity contribution in [3.8, 4) is 11.4 Å². The summed E-state index contributed by atoms with van der Waals surface area (Å²) in [6.45, 7) is 13.2. The van der Waals surface area contributed by atoms with Gasteiger partial charge in [0.05, 0.1) is 41.1 Å². The van der Waals surface area contributed by atoms with E-state index in [0.29, 0.717) is 102 Å². The van der Waals surface area contributed by atoms with Crippen molar-refractivity contribution in [1.29, 1.82) is 0 Å². The maximum atomic E-state index is 15.5. The molecule has 19 nitrogen and oxygen atoms in total. The number of hydrogen-bond donors (Lipinski definition) is 3. The summed E-state index contributed by atoms with van der Waals surface area (Å²) < 4.78 is 34.4. The van der Waals surface area contributed by atoms with Gasteiger partial charge in [0.25, 0.3) is 17.4 Å². The molecule has 5 aliphatic rings. The molecule has 1 saturated carbocycles. The highest BCUT2D eigenvalue weighted by molar-refractivity contribution is 6.12. The number of Topliss-reactive ketones (excluding diaryl/α,β-unsaturated/α-hetero) is 2. The first-order valence-corrected chi connectivity index (χ1v) is 28.4. The van der Waals surface area contributed by atoms with Gasteiger partial charge in [-0.2, -0.15) is 0 Å². The molecule has 0 radical (unpaired) electrons. The maximum Gasteiger partial charge on any atom is 0.411 e. The van der Waals surface area contributed by atoms with Gasteiger partial charge in [0.15, 0.2) is 5.78 Å². The number of ketones is 2. The highest BCUT2D eigenvalue weighted by Crippen LogP contribution is 2.47. The van der Waals surface area contributed by atoms with E-state index in [1.54, 1.807) is 55.7 Å². The summed E-state index contributed by atoms with van der Waals surface area (Å²) in [4.78, 5) is 115. The van der Waals surface area contributed by atoms with Crippen LogP contribution in [0, 0.1) is 36.4 Å². The number of amides is 5. The van der Waals surface area contributed by atoms with Crippen LogP contribution in [-0.4, -0.2) is 124 Å². The fourth-order valence-corrected chi connectivity index (χ4v) is 12.1. The quantitative estimate of drug-likeness (QED) is 0.0505. The number of imide groups is 1. The van der Waals surface area contributed by atoms with E-state index in [9.17, 15) is 43.5 Å². The van der Waals surface area contributed by atoms with Crippen LogP contribution in [0.5, 0.6) is 0 Å². The molecule has 5 heterocycles. The number of benzene rings is 2. The number of nitrogens with one attached hydrogen (secondary N) is 2. The van der Waals surface area contributed by atoms with Gasteiger partial charge in [0.1, 0.15) is 49.5 Å². The molecule has 2 aromatic carbocycles. The van der Waals surface area contributed by atoms with E-state index >= 15 is 4.39 Å². The van der Waals surface area contributed by atoms with Crippen molar-refractivity contribution in [3.63, 3.8) is 0 Å². The van der Waals surface area contributed by atoms with Crippen molar-refractivity contribution in [1.82, 2.24) is 34.9 Å². The van der Waals surface area contributed by atoms with Gasteiger partial charge in [0, 0.05) is 79.0 Å². The zero-order valence-electron chi connectivity index (χ0n) is 47.9. The van der Waals surface area contributed by atoms with E-state index < -0.39 is 48.0 Å². The summed E-state index contributed by atoms with van der Waals surface area (Å²) in [6, 6.07) is 8.76. The predicted octanol–water partition coefficient (Wildman–Crippen LogP) is 6.37. The molecule has 4 aromatic rings. The van der Waals surface area contributed by atoms with E-state index in [2.05, 4.69) is 17.2 Å². The smallest absolute Gasteiger partial charge is 0.411 e. The van der Waals surface area contributed by atoms with Crippen LogP contribution in [0.4, 0.5) is 9.18 Å². The fourth-order valence-electron chi connectivity index (χ4n) is 12.1. The molecule has 5 amide bonds. The minimum absolute atomic E-state index is 0.00603. The van der Waals surface area contributed by atoms with Crippen molar-refractivity contribution >= 4 is 52.2 Å². The number of hydrogen-bond acceptors (Lipinski definition) is 14. The molecule has 0 saturated heterocycles. The molecule has 0 bridgehead atoms. The molecule has 82 heavy (non-hydrogen) atoms. The van der Waals surface area contributed by atoms with Gasteiger partial charge in [-0.3, -0.25) is 43.4 Å². The van der Waals surface area contributed by atoms with Crippen molar-refractivity contribution in [3.05, 3.63) is 122 Å². The Labute approximate surface area is 476 Å². The Morgan fingerprint density at radius 3 is 2.32 bits per heavy atom. The number of halogens is 1. The number of aliphatic hydroxyl groups is 1. The summed E-state index contributed by atoms with van der Waals surface area (Å²) in [7, 11) is 3.71. The highest BCUT2D eigenvalue weighted by Gasteiger charge is 2.43. The molecular weight excluding hydrogens is 1050 g/mol. The van der Waals surface area contributed by atoms with Crippen LogP contribution in [0.15, 0.2) is 65.7 Å². The molecule has 436 valence electrons. The number of nitrogens with zero attached hydrogens (tertiary/aromatic N) is 5. The molecule has 0 unspecified atom stereocenters. The van der Waals surface area contributed by atoms with E-state index in [1.165, 1.54) is 28.0 Å². The van der Waals surface area contributed by atoms with Crippen LogP contribution in [-0.2, 0) is 81.2 Å². The Bertz CT molecular complexity index is 3310. The summed E-state index contributed by atoms with van der Waals surface area (Å²) in [6.07, 6.45) is 5.73. The molecule has 9 rings (SSSR count). The third kappa shape index (κ3) is 12.2. The molecule has 20 heteroatoms. The van der Waals surface area contributed by atoms with E-state index in [-0.39, 0.29) is 111 Å². The average Bonchev–Trinajstić information content (AvgIpc) is 1.79. The normalized spacial score (nSPS) is 20.5. The van der Waals surface area contributed by atoms with Gasteiger partial charge in [0.2, 0.25) is 11.8 Å². The Hall–Kier alpha value is -7.42. The van der Waals surface area contributed by atoms with Crippen LogP contribution in [0.1, 0.15) is 123 Å². The Morgan fingerprint density at radius 2 is 1.65 bits per heavy atom. The van der Waals surface area contributed by atoms with E-state index in [4.69, 9.17) is 19.2 Å². The van der Waals surface area contributed by atoms with Gasteiger partial charge in [-0.05, 0) is 119 Å². The second-order valence-electron chi connectivity index (χ2n) is 23.3. The first-order chi connectivity index (χ1) is 39.1. The second-order valence-corrected chi connectivity index (χ2v) is 23.3. The fraction of sp³-hybridized carbons (Fsp3) is 0.500. The van der Waals surface area contributed by atoms with Gasteiger partial charge in [-0.1, -0.05) is 51.6 Å². The largest absolute Gasteiger partial charge is 0.490 e. The summed E-state index contributed by atoms with van der Waals surface area (Å²) in [5.41, 5.74) is 4.16. The highest BCUT2D eigenvalue weighted by atomic mass is 19.1. The number of ether oxygens (including phenoxy) is 3. The zero-order chi connectivity index (χ0) is 58.9. The molecule has 0 spiro atoms. The molecule has 4 atom stereocenters. The number of fused-ring (bicyclic) bond motifs is 5. The van der Waals surface area contributed by atoms with Crippen molar-refractivity contribution in [2.24, 2.45) is 23.7 Å². The van der Waals surface area contributed by atoms with Crippen molar-refractivity contribution in [2.45, 2.75) is 130 Å². The minimum atomic E-state index is -1.60.